The van der Waals surface area contributed by atoms with E-state index in [9.17, 15) is 18.4 Å². The summed E-state index contributed by atoms with van der Waals surface area (Å²) in [5.74, 6) is -0.414. The van der Waals surface area contributed by atoms with Crippen molar-refractivity contribution >= 4 is 40.7 Å². The van der Waals surface area contributed by atoms with E-state index in [1.54, 1.807) is 36.5 Å². The summed E-state index contributed by atoms with van der Waals surface area (Å²) in [6.45, 7) is 3.67. The number of carbonyl (C=O) groups is 2. The molecular formula is C25H17Cl2F2N3O4. The number of nitriles is 1. The number of aromatic amines is 1. The van der Waals surface area contributed by atoms with Crippen LogP contribution in [0.1, 0.15) is 25.8 Å². The van der Waals surface area contributed by atoms with E-state index in [4.69, 9.17) is 28.5 Å². The van der Waals surface area contributed by atoms with E-state index < -0.39 is 17.1 Å². The number of fused-ring (bicyclic) bond motifs is 2. The average molecular weight is 532 g/mol. The van der Waals surface area contributed by atoms with Crippen molar-refractivity contribution in [2.24, 2.45) is 10.8 Å². The van der Waals surface area contributed by atoms with E-state index in [-0.39, 0.29) is 23.3 Å². The fourth-order valence-electron chi connectivity index (χ4n) is 4.64. The Balaban J connectivity index is 0.000000148. The van der Waals surface area contributed by atoms with Gasteiger partial charge in [0.1, 0.15) is 6.07 Å². The number of nitrogens with one attached hydrogen (secondary N) is 1. The third kappa shape index (κ3) is 3.60. The molecule has 7 nitrogen and oxygen atoms in total. The third-order valence-electron chi connectivity index (χ3n) is 6.84. The van der Waals surface area contributed by atoms with E-state index in [2.05, 4.69) is 14.5 Å². The molecule has 1 saturated heterocycles. The van der Waals surface area contributed by atoms with Crippen LogP contribution in [0.25, 0.3) is 11.1 Å². The van der Waals surface area contributed by atoms with E-state index in [1.807, 2.05) is 19.9 Å². The van der Waals surface area contributed by atoms with Gasteiger partial charge in [0.15, 0.2) is 11.5 Å². The summed E-state index contributed by atoms with van der Waals surface area (Å²) < 4.78 is 34.9. The van der Waals surface area contributed by atoms with Crippen LogP contribution in [0.3, 0.4) is 0 Å². The van der Waals surface area contributed by atoms with Crippen molar-refractivity contribution in [1.29, 1.82) is 5.26 Å². The Hall–Kier alpha value is -3.61. The minimum atomic E-state index is -3.67. The van der Waals surface area contributed by atoms with E-state index in [0.29, 0.717) is 38.8 Å². The Kier molecular flexibility index (Phi) is 5.32. The lowest BCUT2D eigenvalue weighted by molar-refractivity contribution is -0.286. The highest BCUT2D eigenvalue weighted by atomic mass is 35.5. The van der Waals surface area contributed by atoms with Crippen molar-refractivity contribution in [3.8, 4) is 28.7 Å². The number of carbonyl (C=O) groups excluding carboxylic acids is 2. The summed E-state index contributed by atoms with van der Waals surface area (Å²) in [5.41, 5.74) is 0.579. The lowest BCUT2D eigenvalue weighted by Crippen LogP contribution is -2.35. The van der Waals surface area contributed by atoms with Crippen LogP contribution in [0.4, 0.5) is 14.5 Å². The number of rotatable bonds is 2. The first-order valence-electron chi connectivity index (χ1n) is 10.7. The van der Waals surface area contributed by atoms with Gasteiger partial charge < -0.3 is 14.5 Å². The molecule has 2 fully saturated rings. The van der Waals surface area contributed by atoms with Gasteiger partial charge in [-0.05, 0) is 44.5 Å². The zero-order valence-corrected chi connectivity index (χ0v) is 20.4. The topological polar surface area (TPSA) is 95.4 Å². The predicted molar refractivity (Wildman–Crippen MR) is 127 cm³/mol. The van der Waals surface area contributed by atoms with Gasteiger partial charge in [-0.15, -0.1) is 8.78 Å². The van der Waals surface area contributed by atoms with Gasteiger partial charge in [0.25, 0.3) is 0 Å². The van der Waals surface area contributed by atoms with Crippen molar-refractivity contribution in [2.75, 3.05) is 4.90 Å². The van der Waals surface area contributed by atoms with E-state index in [1.165, 1.54) is 17.2 Å². The maximum atomic E-state index is 13.0. The first-order valence-corrected chi connectivity index (χ1v) is 11.5. The molecule has 3 heterocycles. The van der Waals surface area contributed by atoms with Gasteiger partial charge in [-0.25, -0.2) is 4.90 Å². The maximum absolute atomic E-state index is 13.0. The smallest absolute Gasteiger partial charge is 0.395 e. The summed E-state index contributed by atoms with van der Waals surface area (Å²) in [7, 11) is 0. The van der Waals surface area contributed by atoms with Crippen LogP contribution in [0.2, 0.25) is 10.0 Å². The summed E-state index contributed by atoms with van der Waals surface area (Å²) in [6.07, 6.45) is 0.000677. The van der Waals surface area contributed by atoms with Gasteiger partial charge in [0, 0.05) is 33.6 Å². The number of ether oxygens (including phenoxy) is 2. The number of benzene rings is 2. The Labute approximate surface area is 214 Å². The number of halogens is 4. The van der Waals surface area contributed by atoms with E-state index in [0.717, 1.165) is 0 Å². The molecule has 11 heteroatoms. The zero-order chi connectivity index (χ0) is 26.0. The largest absolute Gasteiger partial charge is 0.586 e. The molecule has 0 radical (unpaired) electrons. The number of imide groups is 1. The molecule has 3 aliphatic rings. The number of hydrogen-bond donors (Lipinski definition) is 1. The molecule has 1 aromatic heterocycles. The molecule has 1 N–H and O–H groups in total. The fraction of sp³-hybridized carbons (Fsp3) is 0.240. The van der Waals surface area contributed by atoms with Crippen molar-refractivity contribution in [3.63, 3.8) is 0 Å². The normalized spacial score (nSPS) is 24.6. The standard InChI is InChI=1S/C13H11Cl2NO2.C12H6F2N2O2/c1-12-6-13(12,2)11(18)16(10(12)17)9-4-7(14)3-8(15)5-9;13-12(14)17-10-3-1-2-8(11(10)18-12)9-6-16-5-7(9)4-15/h3-5H,6H2,1-2H3;1-3,5-6,16H. The van der Waals surface area contributed by atoms with Gasteiger partial charge in [0.05, 0.1) is 22.1 Å². The Bertz CT molecular complexity index is 1440. The molecule has 36 heavy (non-hydrogen) atoms. The molecule has 2 amide bonds. The third-order valence-corrected chi connectivity index (χ3v) is 7.28. The first-order chi connectivity index (χ1) is 16.9. The van der Waals surface area contributed by atoms with Crippen LogP contribution >= 0.6 is 23.2 Å². The van der Waals surface area contributed by atoms with Gasteiger partial charge in [0.2, 0.25) is 11.8 Å². The van der Waals surface area contributed by atoms with Crippen LogP contribution in [-0.2, 0) is 9.59 Å². The van der Waals surface area contributed by atoms with Crippen molar-refractivity contribution in [3.05, 3.63) is 64.4 Å². The highest BCUT2D eigenvalue weighted by Gasteiger charge is 2.77. The molecule has 2 aliphatic heterocycles. The number of alkyl halides is 2. The minimum Gasteiger partial charge on any atom is -0.395 e. The number of anilines is 1. The Morgan fingerprint density at radius 1 is 1.00 bits per heavy atom. The molecule has 6 rings (SSSR count). The first kappa shape index (κ1) is 24.1. The monoisotopic (exact) mass is 531 g/mol. The lowest BCUT2D eigenvalue weighted by atomic mass is 10.00. The van der Waals surface area contributed by atoms with Crippen LogP contribution in [0, 0.1) is 22.2 Å². The Morgan fingerprint density at radius 2 is 1.64 bits per heavy atom. The predicted octanol–water partition coefficient (Wildman–Crippen LogP) is 6.16. The number of aromatic nitrogens is 1. The van der Waals surface area contributed by atoms with Gasteiger partial charge in [-0.1, -0.05) is 35.3 Å². The number of piperidine rings is 1. The minimum absolute atomic E-state index is 0.0393. The van der Waals surface area contributed by atoms with Gasteiger partial charge in [-0.2, -0.15) is 5.26 Å². The summed E-state index contributed by atoms with van der Waals surface area (Å²) in [6, 6.07) is 11.3. The highest BCUT2D eigenvalue weighted by Crippen LogP contribution is 2.69. The Morgan fingerprint density at radius 3 is 2.25 bits per heavy atom. The average Bonchev–Trinajstić information content (AvgIpc) is 3.11. The quantitative estimate of drug-likeness (QED) is 0.399. The second-order valence-electron chi connectivity index (χ2n) is 9.11. The number of amides is 2. The fourth-order valence-corrected chi connectivity index (χ4v) is 5.15. The molecule has 3 aromatic rings. The second-order valence-corrected chi connectivity index (χ2v) is 9.98. The lowest BCUT2D eigenvalue weighted by Gasteiger charge is -2.19. The highest BCUT2D eigenvalue weighted by molar-refractivity contribution is 6.36. The molecule has 184 valence electrons. The number of nitrogens with zero attached hydrogens (tertiary/aromatic N) is 2. The molecule has 0 spiro atoms. The van der Waals surface area contributed by atoms with Crippen LogP contribution < -0.4 is 14.4 Å². The molecule has 2 unspecified atom stereocenters. The molecule has 2 aromatic carbocycles. The van der Waals surface area contributed by atoms with Gasteiger partial charge >= 0.3 is 6.29 Å². The molecule has 1 aliphatic carbocycles. The summed E-state index contributed by atoms with van der Waals surface area (Å²) in [4.78, 5) is 28.6. The van der Waals surface area contributed by atoms with E-state index >= 15 is 0 Å². The molecular weight excluding hydrogens is 515 g/mol. The number of hydrogen-bond acceptors (Lipinski definition) is 5. The number of H-pyrrole nitrogens is 1. The van der Waals surface area contributed by atoms with Crippen LogP contribution in [0.15, 0.2) is 48.8 Å². The van der Waals surface area contributed by atoms with Gasteiger partial charge in [-0.3, -0.25) is 9.59 Å². The molecule has 2 atom stereocenters. The van der Waals surface area contributed by atoms with Crippen molar-refractivity contribution in [2.45, 2.75) is 26.6 Å². The zero-order valence-electron chi connectivity index (χ0n) is 18.9. The summed E-state index contributed by atoms with van der Waals surface area (Å²) >= 11 is 11.8. The maximum Gasteiger partial charge on any atom is 0.586 e. The van der Waals surface area contributed by atoms with Crippen LogP contribution in [0.5, 0.6) is 11.5 Å². The second kappa shape index (κ2) is 7.95. The number of para-hydroxylation sites is 1. The van der Waals surface area contributed by atoms with Crippen molar-refractivity contribution in [1.82, 2.24) is 4.98 Å². The van der Waals surface area contributed by atoms with Crippen molar-refractivity contribution < 1.29 is 27.8 Å². The molecule has 0 bridgehead atoms. The molecule has 1 saturated carbocycles. The summed E-state index contributed by atoms with van der Waals surface area (Å²) in [5, 5.41) is 9.75. The SMILES string of the molecule is CC12CC1(C)C(=O)N(c1cc(Cl)cc(Cl)c1)C2=O.N#Cc1c[nH]cc1-c1cccc2c1OC(F)(F)O2. The van der Waals surface area contributed by atoms with Crippen LogP contribution in [-0.4, -0.2) is 23.1 Å².